The normalized spacial score (nSPS) is 19.5. The van der Waals surface area contributed by atoms with E-state index in [9.17, 15) is 4.79 Å². The average molecular weight is 799 g/mol. The van der Waals surface area contributed by atoms with Crippen molar-refractivity contribution in [1.82, 2.24) is 10.1 Å². The van der Waals surface area contributed by atoms with Crippen molar-refractivity contribution in [3.63, 3.8) is 0 Å². The molecule has 0 atom stereocenters. The molecule has 2 rings (SSSR count). The van der Waals surface area contributed by atoms with E-state index in [1.807, 2.05) is 0 Å². The number of piperidine rings is 2. The third kappa shape index (κ3) is 23.4. The monoisotopic (exact) mass is 799 g/mol. The SMILES string of the molecule is CCCCCCCCON1C(C)(C)CC(OC(=O)CCCCCCCCCO)CC1(C)C.CCCCCCCCON1C(C)(C)C[CH-]CC1(C)C.[O]=[Co]. The van der Waals surface area contributed by atoms with Crippen molar-refractivity contribution in [3.8, 4) is 0 Å². The zero-order valence-electron chi connectivity index (χ0n) is 36.5. The third-order valence-electron chi connectivity index (χ3n) is 10.7. The summed E-state index contributed by atoms with van der Waals surface area (Å²) < 4.78 is 13.8. The number of unbranched alkanes of at least 4 members (excludes halogenated alkanes) is 16. The Kier molecular flexibility index (Phi) is 29.5. The van der Waals surface area contributed by atoms with Gasteiger partial charge >= 0.3 is 25.5 Å². The molecule has 319 valence electrons. The van der Waals surface area contributed by atoms with Crippen LogP contribution in [0.3, 0.4) is 0 Å². The molecule has 0 aromatic heterocycles. The molecule has 0 saturated carbocycles. The Morgan fingerprint density at radius 1 is 0.585 bits per heavy atom. The van der Waals surface area contributed by atoms with Gasteiger partial charge in [-0.2, -0.15) is 23.0 Å². The van der Waals surface area contributed by atoms with Gasteiger partial charge in [0.15, 0.2) is 0 Å². The van der Waals surface area contributed by atoms with E-state index in [2.05, 4.69) is 101 Å². The molecule has 0 radical (unpaired) electrons. The third-order valence-corrected chi connectivity index (χ3v) is 10.7. The number of carbonyl (C=O) groups excluding carboxylic acids is 1. The summed E-state index contributed by atoms with van der Waals surface area (Å²) in [5, 5.41) is 13.2. The van der Waals surface area contributed by atoms with Crippen molar-refractivity contribution in [2.45, 2.75) is 252 Å². The minimum absolute atomic E-state index is 0.0418. The first-order chi connectivity index (χ1) is 25.1. The summed E-state index contributed by atoms with van der Waals surface area (Å²) in [4.78, 5) is 24.8. The molecule has 2 aliphatic heterocycles. The van der Waals surface area contributed by atoms with E-state index in [4.69, 9.17) is 23.4 Å². The number of ether oxygens (including phenoxy) is 1. The van der Waals surface area contributed by atoms with E-state index >= 15 is 0 Å². The molecule has 1 N–H and O–H groups in total. The van der Waals surface area contributed by atoms with Gasteiger partial charge in [-0.05, 0) is 81.1 Å². The molecule has 2 saturated heterocycles. The Morgan fingerprint density at radius 2 is 0.943 bits per heavy atom. The number of esters is 1. The number of rotatable bonds is 26. The van der Waals surface area contributed by atoms with Crippen LogP contribution in [0.4, 0.5) is 0 Å². The van der Waals surface area contributed by atoms with Crippen molar-refractivity contribution in [2.24, 2.45) is 0 Å². The Bertz CT molecular complexity index is 865. The van der Waals surface area contributed by atoms with E-state index < -0.39 is 0 Å². The summed E-state index contributed by atoms with van der Waals surface area (Å²) in [6.45, 7) is 24.4. The molecule has 0 unspecified atom stereocenters. The molecule has 2 aliphatic rings. The second kappa shape index (κ2) is 29.8. The van der Waals surface area contributed by atoms with E-state index in [1.54, 1.807) is 0 Å². The van der Waals surface area contributed by atoms with E-state index in [-0.39, 0.29) is 34.2 Å². The summed E-state index contributed by atoms with van der Waals surface area (Å²) >= 11 is 2.31. The second-order valence-electron chi connectivity index (χ2n) is 18.2. The molecular weight excluding hydrogens is 711 g/mol. The minimum atomic E-state index is -0.163. The Labute approximate surface area is 336 Å². The molecular formula is C44H87CoN2O6-. The van der Waals surface area contributed by atoms with Crippen LogP contribution in [-0.2, 0) is 38.7 Å². The second-order valence-corrected chi connectivity index (χ2v) is 18.2. The first-order valence-electron chi connectivity index (χ1n) is 21.7. The van der Waals surface area contributed by atoms with Crippen LogP contribution in [0.5, 0.6) is 0 Å². The van der Waals surface area contributed by atoms with Crippen molar-refractivity contribution in [1.29, 1.82) is 0 Å². The maximum atomic E-state index is 12.4. The number of aliphatic hydroxyl groups excluding tert-OH is 1. The summed E-state index contributed by atoms with van der Waals surface area (Å²) in [6, 6.07) is 0. The molecule has 0 aromatic rings. The number of nitrogens with zero attached hydrogens (tertiary/aromatic N) is 2. The fourth-order valence-corrected chi connectivity index (χ4v) is 8.30. The topological polar surface area (TPSA) is 88.5 Å². The van der Waals surface area contributed by atoms with Crippen molar-refractivity contribution in [3.05, 3.63) is 6.42 Å². The molecule has 2 heterocycles. The fraction of sp³-hybridized carbons (Fsp3) is 0.955. The van der Waals surface area contributed by atoms with Gasteiger partial charge in [-0.25, -0.2) is 0 Å². The standard InChI is InChI=1S/C27H53NO4.C17H34NO.Co.O/c1-6-7-8-9-15-18-21-31-28-26(2,3)22-24(23-27(28,4)5)32-25(30)19-16-13-11-10-12-14-17-20-29;1-6-7-8-9-10-11-15-19-18-16(2,3)13-12-14-17(18,4)5;;/h24,29H,6-23H2,1-5H3;12H,6-11,13-15H2,1-5H3;;/q;-1;;. The van der Waals surface area contributed by atoms with Crippen LogP contribution in [0, 0.1) is 6.42 Å². The van der Waals surface area contributed by atoms with Crippen LogP contribution in [0.15, 0.2) is 0 Å². The fourth-order valence-electron chi connectivity index (χ4n) is 8.30. The molecule has 0 bridgehead atoms. The summed E-state index contributed by atoms with van der Waals surface area (Å²) in [6.07, 6.45) is 29.8. The molecule has 2 fully saturated rings. The van der Waals surface area contributed by atoms with Crippen LogP contribution in [0.2, 0.25) is 0 Å². The van der Waals surface area contributed by atoms with Gasteiger partial charge in [-0.3, -0.25) is 14.5 Å². The Balaban J connectivity index is 0.00000109. The van der Waals surface area contributed by atoms with E-state index in [0.29, 0.717) is 13.0 Å². The van der Waals surface area contributed by atoms with Crippen LogP contribution >= 0.6 is 0 Å². The average Bonchev–Trinajstić information content (AvgIpc) is 3.07. The van der Waals surface area contributed by atoms with Crippen LogP contribution in [0.25, 0.3) is 0 Å². The number of carbonyl (C=O) groups is 1. The Morgan fingerprint density at radius 3 is 1.36 bits per heavy atom. The molecule has 9 heteroatoms. The maximum absolute atomic E-state index is 12.4. The number of hydrogen-bond acceptors (Lipinski definition) is 8. The van der Waals surface area contributed by atoms with Crippen molar-refractivity contribution < 1.29 is 43.8 Å². The predicted octanol–water partition coefficient (Wildman–Crippen LogP) is 12.0. The van der Waals surface area contributed by atoms with Crippen molar-refractivity contribution in [2.75, 3.05) is 19.8 Å². The summed E-state index contributed by atoms with van der Waals surface area (Å²) in [5.74, 6) is -0.0525. The number of aliphatic hydroxyl groups is 1. The zero-order valence-corrected chi connectivity index (χ0v) is 37.5. The van der Waals surface area contributed by atoms with Gasteiger partial charge in [-0.1, -0.05) is 110 Å². The summed E-state index contributed by atoms with van der Waals surface area (Å²) in [5.41, 5.74) is -0.0686. The van der Waals surface area contributed by atoms with Crippen LogP contribution in [0.1, 0.15) is 223 Å². The van der Waals surface area contributed by atoms with Crippen LogP contribution in [-0.4, -0.2) is 69.3 Å². The molecule has 0 spiro atoms. The van der Waals surface area contributed by atoms with Gasteiger partial charge in [-0.15, -0.1) is 0 Å². The van der Waals surface area contributed by atoms with E-state index in [1.165, 1.54) is 83.5 Å². The first-order valence-corrected chi connectivity index (χ1v) is 22.2. The molecule has 53 heavy (non-hydrogen) atoms. The molecule has 8 nitrogen and oxygen atoms in total. The summed E-state index contributed by atoms with van der Waals surface area (Å²) in [7, 11) is 0. The van der Waals surface area contributed by atoms with Crippen molar-refractivity contribution >= 4 is 5.97 Å². The Hall–Kier alpha value is -0.424. The van der Waals surface area contributed by atoms with E-state index in [0.717, 1.165) is 77.4 Å². The van der Waals surface area contributed by atoms with Gasteiger partial charge in [0.1, 0.15) is 6.10 Å². The molecule has 0 aromatic carbocycles. The predicted molar refractivity (Wildman–Crippen MR) is 216 cm³/mol. The quantitative estimate of drug-likeness (QED) is 0.0526. The van der Waals surface area contributed by atoms with Crippen LogP contribution < -0.4 is 0 Å². The molecule has 0 amide bonds. The molecule has 0 aliphatic carbocycles. The van der Waals surface area contributed by atoms with Gasteiger partial charge in [0.25, 0.3) is 0 Å². The van der Waals surface area contributed by atoms with Gasteiger partial charge in [0.05, 0.1) is 13.2 Å². The first kappa shape index (κ1) is 52.6. The number of hydrogen-bond donors (Lipinski definition) is 1. The number of hydroxylamine groups is 4. The zero-order chi connectivity index (χ0) is 40.2. The van der Waals surface area contributed by atoms with Gasteiger partial charge < -0.3 is 16.3 Å². The van der Waals surface area contributed by atoms with Gasteiger partial charge in [0, 0.05) is 48.0 Å². The van der Waals surface area contributed by atoms with Gasteiger partial charge in [0.2, 0.25) is 0 Å².